The van der Waals surface area contributed by atoms with Crippen LogP contribution in [0.1, 0.15) is 22.3 Å². The Morgan fingerprint density at radius 2 is 1.96 bits per heavy atom. The molecule has 132 valence electrons. The Balaban J connectivity index is 1.93. The zero-order chi connectivity index (χ0) is 18.0. The van der Waals surface area contributed by atoms with Gasteiger partial charge in [-0.05, 0) is 18.1 Å². The van der Waals surface area contributed by atoms with Crippen LogP contribution in [0.4, 0.5) is 0 Å². The molecule has 1 aliphatic heterocycles. The van der Waals surface area contributed by atoms with Crippen molar-refractivity contribution >= 4 is 15.7 Å². The molecule has 1 aliphatic rings. The van der Waals surface area contributed by atoms with Gasteiger partial charge in [0.1, 0.15) is 0 Å². The highest BCUT2D eigenvalue weighted by Crippen LogP contribution is 2.22. The molecular formula is C18H20N2O4S. The number of sulfone groups is 1. The maximum atomic E-state index is 13.0. The van der Waals surface area contributed by atoms with Crippen molar-refractivity contribution in [3.63, 3.8) is 0 Å². The second kappa shape index (κ2) is 6.84. The lowest BCUT2D eigenvalue weighted by molar-refractivity contribution is 0.0680. The maximum Gasteiger partial charge on any atom is 0.254 e. The lowest BCUT2D eigenvalue weighted by atomic mass is 10.1. The van der Waals surface area contributed by atoms with Gasteiger partial charge in [0.15, 0.2) is 9.84 Å². The fourth-order valence-electron chi connectivity index (χ4n) is 3.02. The van der Waals surface area contributed by atoms with Gasteiger partial charge in [0.05, 0.1) is 11.5 Å². The van der Waals surface area contributed by atoms with Crippen molar-refractivity contribution < 1.29 is 13.2 Å². The molecule has 1 aromatic carbocycles. The van der Waals surface area contributed by atoms with Crippen LogP contribution in [-0.4, -0.2) is 41.3 Å². The summed E-state index contributed by atoms with van der Waals surface area (Å²) in [6.45, 7) is 0.315. The van der Waals surface area contributed by atoms with E-state index in [0.717, 1.165) is 5.56 Å². The number of hydrogen-bond acceptors (Lipinski definition) is 4. The highest BCUT2D eigenvalue weighted by atomic mass is 32.2. The SMILES string of the molecule is Cn1ccc(C(=O)N(Cc2ccccc2)C2CCS(=O)(=O)C2)cc1=O. The summed E-state index contributed by atoms with van der Waals surface area (Å²) in [6, 6.07) is 11.9. The summed E-state index contributed by atoms with van der Waals surface area (Å²) in [5.41, 5.74) is 0.928. The Bertz CT molecular complexity index is 935. The average Bonchev–Trinajstić information content (AvgIpc) is 2.95. The van der Waals surface area contributed by atoms with Gasteiger partial charge in [-0.2, -0.15) is 0 Å². The van der Waals surface area contributed by atoms with E-state index in [-0.39, 0.29) is 34.6 Å². The Morgan fingerprint density at radius 3 is 2.56 bits per heavy atom. The van der Waals surface area contributed by atoms with Crippen LogP contribution in [0.15, 0.2) is 53.5 Å². The van der Waals surface area contributed by atoms with Crippen LogP contribution in [0.3, 0.4) is 0 Å². The molecule has 0 aliphatic carbocycles. The van der Waals surface area contributed by atoms with E-state index in [1.54, 1.807) is 24.2 Å². The van der Waals surface area contributed by atoms with Crippen LogP contribution in [0.2, 0.25) is 0 Å². The number of amides is 1. The number of carbonyl (C=O) groups is 1. The van der Waals surface area contributed by atoms with Gasteiger partial charge < -0.3 is 9.47 Å². The minimum atomic E-state index is -3.12. The van der Waals surface area contributed by atoms with Gasteiger partial charge in [-0.15, -0.1) is 0 Å². The van der Waals surface area contributed by atoms with Crippen molar-refractivity contribution in [1.82, 2.24) is 9.47 Å². The van der Waals surface area contributed by atoms with E-state index >= 15 is 0 Å². The Labute approximate surface area is 146 Å². The molecular weight excluding hydrogens is 340 g/mol. The van der Waals surface area contributed by atoms with Gasteiger partial charge in [-0.3, -0.25) is 9.59 Å². The minimum Gasteiger partial charge on any atom is -0.330 e. The van der Waals surface area contributed by atoms with E-state index < -0.39 is 9.84 Å². The van der Waals surface area contributed by atoms with Crippen LogP contribution in [0.25, 0.3) is 0 Å². The third kappa shape index (κ3) is 3.99. The van der Waals surface area contributed by atoms with Crippen LogP contribution in [0, 0.1) is 0 Å². The summed E-state index contributed by atoms with van der Waals surface area (Å²) in [7, 11) is -1.51. The summed E-state index contributed by atoms with van der Waals surface area (Å²) < 4.78 is 25.1. The van der Waals surface area contributed by atoms with Crippen molar-refractivity contribution in [1.29, 1.82) is 0 Å². The second-order valence-corrected chi connectivity index (χ2v) is 8.57. The van der Waals surface area contributed by atoms with Gasteiger partial charge in [0.2, 0.25) is 0 Å². The molecule has 0 radical (unpaired) electrons. The van der Waals surface area contributed by atoms with Gasteiger partial charge in [-0.1, -0.05) is 30.3 Å². The van der Waals surface area contributed by atoms with Crippen LogP contribution in [-0.2, 0) is 23.4 Å². The van der Waals surface area contributed by atoms with Gasteiger partial charge in [-0.25, -0.2) is 8.42 Å². The molecule has 1 saturated heterocycles. The first-order valence-electron chi connectivity index (χ1n) is 8.08. The zero-order valence-corrected chi connectivity index (χ0v) is 14.8. The summed E-state index contributed by atoms with van der Waals surface area (Å²) in [5, 5.41) is 0. The van der Waals surface area contributed by atoms with Gasteiger partial charge in [0, 0.05) is 37.5 Å². The molecule has 1 amide bonds. The third-order valence-corrected chi connectivity index (χ3v) is 6.21. The Kier molecular flexibility index (Phi) is 4.76. The molecule has 2 heterocycles. The summed E-state index contributed by atoms with van der Waals surface area (Å²) in [6.07, 6.45) is 1.97. The first-order chi connectivity index (χ1) is 11.9. The number of benzene rings is 1. The predicted molar refractivity (Wildman–Crippen MR) is 95.1 cm³/mol. The molecule has 0 spiro atoms. The van der Waals surface area contributed by atoms with Crippen molar-refractivity contribution in [2.45, 2.75) is 19.0 Å². The molecule has 0 saturated carbocycles. The van der Waals surface area contributed by atoms with E-state index in [1.165, 1.54) is 10.6 Å². The third-order valence-electron chi connectivity index (χ3n) is 4.46. The molecule has 2 aromatic rings. The molecule has 6 nitrogen and oxygen atoms in total. The number of aromatic nitrogens is 1. The Morgan fingerprint density at radius 1 is 1.24 bits per heavy atom. The Hall–Kier alpha value is -2.41. The van der Waals surface area contributed by atoms with Crippen LogP contribution >= 0.6 is 0 Å². The fraction of sp³-hybridized carbons (Fsp3) is 0.333. The van der Waals surface area contributed by atoms with E-state index in [0.29, 0.717) is 13.0 Å². The van der Waals surface area contributed by atoms with Crippen molar-refractivity contribution in [3.05, 3.63) is 70.1 Å². The second-order valence-electron chi connectivity index (χ2n) is 6.34. The first-order valence-corrected chi connectivity index (χ1v) is 9.90. The van der Waals surface area contributed by atoms with Crippen molar-refractivity contribution in [2.24, 2.45) is 7.05 Å². The molecule has 1 atom stereocenters. The summed E-state index contributed by atoms with van der Waals surface area (Å²) in [4.78, 5) is 26.4. The predicted octanol–water partition coefficient (Wildman–Crippen LogP) is 1.21. The normalized spacial score (nSPS) is 18.8. The molecule has 1 unspecified atom stereocenters. The van der Waals surface area contributed by atoms with Crippen LogP contribution in [0.5, 0.6) is 0 Å². The number of rotatable bonds is 4. The van der Waals surface area contributed by atoms with E-state index in [1.807, 2.05) is 30.3 Å². The molecule has 1 aromatic heterocycles. The lowest BCUT2D eigenvalue weighted by Gasteiger charge is -2.28. The fourth-order valence-corrected chi connectivity index (χ4v) is 4.75. The molecule has 3 rings (SSSR count). The molecule has 25 heavy (non-hydrogen) atoms. The smallest absolute Gasteiger partial charge is 0.254 e. The molecule has 7 heteroatoms. The number of carbonyl (C=O) groups excluding carboxylic acids is 1. The van der Waals surface area contributed by atoms with E-state index in [9.17, 15) is 18.0 Å². The summed E-state index contributed by atoms with van der Waals surface area (Å²) in [5.74, 6) is -0.257. The first kappa shape index (κ1) is 17.4. The van der Waals surface area contributed by atoms with E-state index in [2.05, 4.69) is 0 Å². The van der Waals surface area contributed by atoms with Crippen molar-refractivity contribution in [3.8, 4) is 0 Å². The maximum absolute atomic E-state index is 13.0. The largest absolute Gasteiger partial charge is 0.330 e. The highest BCUT2D eigenvalue weighted by Gasteiger charge is 2.35. The molecule has 0 bridgehead atoms. The van der Waals surface area contributed by atoms with E-state index in [4.69, 9.17) is 0 Å². The minimum absolute atomic E-state index is 0.0313. The standard InChI is InChI=1S/C18H20N2O4S/c1-19-9-7-15(11-17(19)21)18(22)20(12-14-5-3-2-4-6-14)16-8-10-25(23,24)13-16/h2-7,9,11,16H,8,10,12-13H2,1H3. The molecule has 1 fully saturated rings. The number of aryl methyl sites for hydroxylation is 1. The summed E-state index contributed by atoms with van der Waals surface area (Å²) >= 11 is 0. The average molecular weight is 360 g/mol. The quantitative estimate of drug-likeness (QED) is 0.821. The number of hydrogen-bond donors (Lipinski definition) is 0. The number of nitrogens with zero attached hydrogens (tertiary/aromatic N) is 2. The van der Waals surface area contributed by atoms with Crippen LogP contribution < -0.4 is 5.56 Å². The highest BCUT2D eigenvalue weighted by molar-refractivity contribution is 7.91. The number of pyridine rings is 1. The monoisotopic (exact) mass is 360 g/mol. The molecule has 0 N–H and O–H groups in total. The van der Waals surface area contributed by atoms with Crippen molar-refractivity contribution in [2.75, 3.05) is 11.5 Å². The topological polar surface area (TPSA) is 76.5 Å². The van der Waals surface area contributed by atoms with Gasteiger partial charge in [0.25, 0.3) is 11.5 Å². The van der Waals surface area contributed by atoms with Gasteiger partial charge >= 0.3 is 0 Å². The zero-order valence-electron chi connectivity index (χ0n) is 14.0. The lowest BCUT2D eigenvalue weighted by Crippen LogP contribution is -2.41.